The maximum atomic E-state index is 14.3. The second-order valence-corrected chi connectivity index (χ2v) is 11.4. The van der Waals surface area contributed by atoms with Gasteiger partial charge in [-0.1, -0.05) is 40.5 Å². The van der Waals surface area contributed by atoms with Gasteiger partial charge in [0.15, 0.2) is 15.5 Å². The van der Waals surface area contributed by atoms with Crippen LogP contribution in [0.15, 0.2) is 82.8 Å². The lowest BCUT2D eigenvalue weighted by atomic mass is 10.1. The highest BCUT2D eigenvalue weighted by molar-refractivity contribution is 7.90. The Kier molecular flexibility index (Phi) is 8.11. The number of sulfone groups is 1. The zero-order valence-corrected chi connectivity index (χ0v) is 23.0. The smallest absolute Gasteiger partial charge is 0.313 e. The van der Waals surface area contributed by atoms with Crippen molar-refractivity contribution in [2.24, 2.45) is 5.16 Å². The highest BCUT2D eigenvalue weighted by Gasteiger charge is 2.40. The molecule has 0 saturated carbocycles. The molecule has 0 N–H and O–H groups in total. The van der Waals surface area contributed by atoms with Crippen LogP contribution in [0, 0.1) is 12.7 Å². The van der Waals surface area contributed by atoms with E-state index in [1.54, 1.807) is 0 Å². The number of halogens is 6. The van der Waals surface area contributed by atoms with Gasteiger partial charge in [0.1, 0.15) is 5.82 Å². The average molecular weight is 613 g/mol. The quantitative estimate of drug-likeness (QED) is 0.0982. The third-order valence-corrected chi connectivity index (χ3v) is 7.48. The highest BCUT2D eigenvalue weighted by atomic mass is 35.5. The van der Waals surface area contributed by atoms with Gasteiger partial charge in [-0.2, -0.15) is 13.2 Å². The summed E-state index contributed by atoms with van der Waals surface area (Å²) in [5.74, 6) is -1.80. The van der Waals surface area contributed by atoms with E-state index in [1.165, 1.54) is 72.2 Å². The van der Waals surface area contributed by atoms with E-state index < -0.39 is 39.1 Å². The highest BCUT2D eigenvalue weighted by Crippen LogP contribution is 2.34. The van der Waals surface area contributed by atoms with Gasteiger partial charge in [-0.15, -0.1) is 0 Å². The SMILES string of the molecule is Cc1c(/C(=N\OC(=O)c2ccc(Cl)cc2Cl)C(F)(F)F)cc(-c2ccc(S(C)(=O)=O)cc2)n1-c1ccc(F)cc1. The van der Waals surface area contributed by atoms with Crippen LogP contribution in [0.4, 0.5) is 17.6 Å². The van der Waals surface area contributed by atoms with Gasteiger partial charge in [-0.05, 0) is 73.2 Å². The molecule has 3 aromatic carbocycles. The van der Waals surface area contributed by atoms with Crippen molar-refractivity contribution in [3.8, 4) is 16.9 Å². The number of hydrogen-bond acceptors (Lipinski definition) is 5. The number of carbonyl (C=O) groups excluding carboxylic acids is 1. The van der Waals surface area contributed by atoms with Crippen LogP contribution in [0.2, 0.25) is 10.0 Å². The lowest BCUT2D eigenvalue weighted by molar-refractivity contribution is -0.0605. The second kappa shape index (κ2) is 11.1. The maximum Gasteiger partial charge on any atom is 0.437 e. The summed E-state index contributed by atoms with van der Waals surface area (Å²) in [6.07, 6.45) is -4.04. The lowest BCUT2D eigenvalue weighted by Crippen LogP contribution is -2.25. The molecular weight excluding hydrogens is 595 g/mol. The Morgan fingerprint density at radius 2 is 1.55 bits per heavy atom. The minimum absolute atomic E-state index is 0.0124. The first-order valence-electron chi connectivity index (χ1n) is 11.3. The molecule has 0 amide bonds. The number of aromatic nitrogens is 1. The summed E-state index contributed by atoms with van der Waals surface area (Å²) in [7, 11) is -3.53. The fourth-order valence-corrected chi connectivity index (χ4v) is 5.02. The topological polar surface area (TPSA) is 77.7 Å². The summed E-state index contributed by atoms with van der Waals surface area (Å²) >= 11 is 11.8. The predicted octanol–water partition coefficient (Wildman–Crippen LogP) is 7.43. The Morgan fingerprint density at radius 1 is 0.925 bits per heavy atom. The van der Waals surface area contributed by atoms with E-state index in [1.807, 2.05) is 0 Å². The first-order valence-corrected chi connectivity index (χ1v) is 13.9. The number of hydrogen-bond donors (Lipinski definition) is 0. The fraction of sp³-hybridized carbons (Fsp3) is 0.111. The monoisotopic (exact) mass is 612 g/mol. The summed E-state index contributed by atoms with van der Waals surface area (Å²) in [4.78, 5) is 17.1. The lowest BCUT2D eigenvalue weighted by Gasteiger charge is -2.14. The molecule has 4 aromatic rings. The van der Waals surface area contributed by atoms with Gasteiger partial charge in [-0.25, -0.2) is 17.6 Å². The molecule has 40 heavy (non-hydrogen) atoms. The molecule has 13 heteroatoms. The molecule has 4 rings (SSSR count). The first-order chi connectivity index (χ1) is 18.7. The third-order valence-electron chi connectivity index (χ3n) is 5.80. The minimum atomic E-state index is -5.07. The van der Waals surface area contributed by atoms with Crippen LogP contribution < -0.4 is 0 Å². The summed E-state index contributed by atoms with van der Waals surface area (Å²) < 4.78 is 81.6. The van der Waals surface area contributed by atoms with Crippen molar-refractivity contribution >= 4 is 44.7 Å². The molecule has 1 aromatic heterocycles. The summed E-state index contributed by atoms with van der Waals surface area (Å²) in [6, 6.07) is 15.4. The summed E-state index contributed by atoms with van der Waals surface area (Å²) in [5.41, 5.74) is -1.28. The average Bonchev–Trinajstić information content (AvgIpc) is 3.20. The molecule has 0 unspecified atom stereocenters. The van der Waals surface area contributed by atoms with E-state index in [4.69, 9.17) is 23.2 Å². The molecule has 0 saturated heterocycles. The van der Waals surface area contributed by atoms with Gasteiger partial charge in [0, 0.05) is 28.2 Å². The van der Waals surface area contributed by atoms with E-state index in [9.17, 15) is 30.8 Å². The number of oxime groups is 1. The molecule has 0 aliphatic heterocycles. The van der Waals surface area contributed by atoms with Crippen molar-refractivity contribution in [1.82, 2.24) is 4.57 Å². The summed E-state index contributed by atoms with van der Waals surface area (Å²) in [6.45, 7) is 1.38. The van der Waals surface area contributed by atoms with Crippen LogP contribution in [0.3, 0.4) is 0 Å². The van der Waals surface area contributed by atoms with Gasteiger partial charge in [0.05, 0.1) is 21.2 Å². The van der Waals surface area contributed by atoms with Gasteiger partial charge in [0.25, 0.3) is 0 Å². The van der Waals surface area contributed by atoms with Gasteiger partial charge in [-0.3, -0.25) is 0 Å². The molecule has 0 radical (unpaired) electrons. The Balaban J connectivity index is 1.87. The Morgan fingerprint density at radius 3 is 2.10 bits per heavy atom. The van der Waals surface area contributed by atoms with Gasteiger partial charge < -0.3 is 9.40 Å². The molecule has 208 valence electrons. The Hall–Kier alpha value is -3.67. The van der Waals surface area contributed by atoms with Crippen molar-refractivity contribution in [3.05, 3.63) is 105 Å². The first kappa shape index (κ1) is 29.3. The normalized spacial score (nSPS) is 12.4. The van der Waals surface area contributed by atoms with Gasteiger partial charge in [0.2, 0.25) is 0 Å². The Bertz CT molecular complexity index is 1730. The zero-order valence-electron chi connectivity index (χ0n) is 20.6. The molecule has 6 nitrogen and oxygen atoms in total. The number of alkyl halides is 3. The molecule has 1 heterocycles. The minimum Gasteiger partial charge on any atom is -0.313 e. The van der Waals surface area contributed by atoms with Crippen molar-refractivity contribution in [2.75, 3.05) is 6.26 Å². The van der Waals surface area contributed by atoms with E-state index in [2.05, 4.69) is 9.99 Å². The van der Waals surface area contributed by atoms with Crippen molar-refractivity contribution < 1.29 is 35.6 Å². The van der Waals surface area contributed by atoms with Crippen LogP contribution >= 0.6 is 23.2 Å². The largest absolute Gasteiger partial charge is 0.437 e. The van der Waals surface area contributed by atoms with E-state index in [0.29, 0.717) is 11.3 Å². The van der Waals surface area contributed by atoms with Gasteiger partial charge >= 0.3 is 12.1 Å². The van der Waals surface area contributed by atoms with Crippen LogP contribution in [0.5, 0.6) is 0 Å². The Labute approximate surface area is 236 Å². The van der Waals surface area contributed by atoms with E-state index in [-0.39, 0.29) is 31.9 Å². The molecule has 0 aliphatic rings. The van der Waals surface area contributed by atoms with Crippen molar-refractivity contribution in [3.63, 3.8) is 0 Å². The van der Waals surface area contributed by atoms with E-state index >= 15 is 0 Å². The summed E-state index contributed by atoms with van der Waals surface area (Å²) in [5, 5.41) is 3.23. The van der Waals surface area contributed by atoms with Crippen LogP contribution in [-0.2, 0) is 14.7 Å². The number of benzene rings is 3. The fourth-order valence-electron chi connectivity index (χ4n) is 3.90. The zero-order chi connectivity index (χ0) is 29.4. The maximum absolute atomic E-state index is 14.3. The second-order valence-electron chi connectivity index (χ2n) is 8.58. The molecule has 0 bridgehead atoms. The van der Waals surface area contributed by atoms with Crippen LogP contribution in [-0.4, -0.2) is 37.1 Å². The molecule has 0 fully saturated rings. The number of nitrogens with zero attached hydrogens (tertiary/aromatic N) is 2. The number of rotatable bonds is 6. The molecule has 0 spiro atoms. The molecule has 0 atom stereocenters. The molecular formula is C27H18Cl2F4N2O4S. The predicted molar refractivity (Wildman–Crippen MR) is 143 cm³/mol. The van der Waals surface area contributed by atoms with Crippen molar-refractivity contribution in [2.45, 2.75) is 18.0 Å². The standard InChI is InChI=1S/C27H18Cl2F4N2O4S/c1-15-22(25(27(31,32)33)34-39-26(36)21-12-5-17(28)13-23(21)29)14-24(35(15)19-8-6-18(30)7-9-19)16-3-10-20(11-4-16)40(2,37)38/h3-14H,1-2H3/b34-25+. The van der Waals surface area contributed by atoms with E-state index in [0.717, 1.165) is 18.4 Å². The number of carbonyl (C=O) groups is 1. The van der Waals surface area contributed by atoms with Crippen LogP contribution in [0.1, 0.15) is 21.6 Å². The van der Waals surface area contributed by atoms with Crippen LogP contribution in [0.25, 0.3) is 16.9 Å². The third kappa shape index (κ3) is 6.22. The molecule has 0 aliphatic carbocycles. The van der Waals surface area contributed by atoms with Crippen molar-refractivity contribution in [1.29, 1.82) is 0 Å².